The molecule has 130 valence electrons. The molecular weight excluding hydrogens is 362 g/mol. The van der Waals surface area contributed by atoms with Crippen molar-refractivity contribution in [3.8, 4) is 5.75 Å². The Kier molecular flexibility index (Phi) is 4.55. The van der Waals surface area contributed by atoms with Gasteiger partial charge in [0.1, 0.15) is 5.75 Å². The maximum absolute atomic E-state index is 11.6. The van der Waals surface area contributed by atoms with E-state index in [2.05, 4.69) is 5.32 Å². The lowest BCUT2D eigenvalue weighted by Gasteiger charge is -2.12. The first-order chi connectivity index (χ1) is 10.9. The van der Waals surface area contributed by atoms with Crippen LogP contribution in [0.1, 0.15) is 13.3 Å². The first-order valence-electron chi connectivity index (χ1n) is 6.49. The number of carbonyl (C=O) groups is 1. The molecule has 11 heteroatoms. The SMILES string of the molecule is CCC(=O)Nc1cc(S(=O)(=O)O)cc2cc(S(=O)(=O)O)cc(O)c12. The molecule has 0 aliphatic heterocycles. The molecule has 0 unspecified atom stereocenters. The second-order valence-electron chi connectivity index (χ2n) is 4.86. The molecule has 4 N–H and O–H groups in total. The molecule has 24 heavy (non-hydrogen) atoms. The van der Waals surface area contributed by atoms with Gasteiger partial charge in [-0.1, -0.05) is 6.92 Å². The van der Waals surface area contributed by atoms with Crippen LogP contribution in [0.5, 0.6) is 5.75 Å². The number of anilines is 1. The van der Waals surface area contributed by atoms with Crippen LogP contribution in [0.4, 0.5) is 5.69 Å². The second-order valence-corrected chi connectivity index (χ2v) is 7.71. The molecule has 0 aromatic heterocycles. The van der Waals surface area contributed by atoms with Gasteiger partial charge in [-0.2, -0.15) is 16.8 Å². The van der Waals surface area contributed by atoms with Gasteiger partial charge in [0.25, 0.3) is 20.2 Å². The first-order valence-corrected chi connectivity index (χ1v) is 9.37. The highest BCUT2D eigenvalue weighted by atomic mass is 32.2. The van der Waals surface area contributed by atoms with E-state index in [4.69, 9.17) is 4.55 Å². The fourth-order valence-corrected chi connectivity index (χ4v) is 3.15. The summed E-state index contributed by atoms with van der Waals surface area (Å²) in [5.74, 6) is -1.10. The van der Waals surface area contributed by atoms with Crippen LogP contribution in [0.2, 0.25) is 0 Å². The summed E-state index contributed by atoms with van der Waals surface area (Å²) in [5.41, 5.74) is -0.133. The summed E-state index contributed by atoms with van der Waals surface area (Å²) in [7, 11) is -9.33. The minimum absolute atomic E-state index is 0.0448. The number of phenolic OH excluding ortho intramolecular Hbond substituents is 1. The van der Waals surface area contributed by atoms with Crippen LogP contribution in [0.15, 0.2) is 34.1 Å². The van der Waals surface area contributed by atoms with Crippen molar-refractivity contribution in [1.29, 1.82) is 0 Å². The number of hydrogen-bond acceptors (Lipinski definition) is 6. The minimum atomic E-state index is -4.67. The normalized spacial score (nSPS) is 12.3. The molecule has 0 aliphatic rings. The molecular formula is C13H13NO8S2. The zero-order valence-electron chi connectivity index (χ0n) is 12.2. The summed E-state index contributed by atoms with van der Waals surface area (Å²) >= 11 is 0. The lowest BCUT2D eigenvalue weighted by atomic mass is 10.1. The zero-order chi connectivity index (χ0) is 18.3. The average molecular weight is 375 g/mol. The predicted octanol–water partition coefficient (Wildman–Crippen LogP) is 1.39. The van der Waals surface area contributed by atoms with E-state index in [1.165, 1.54) is 0 Å². The van der Waals surface area contributed by atoms with E-state index in [0.717, 1.165) is 24.3 Å². The van der Waals surface area contributed by atoms with E-state index in [0.29, 0.717) is 0 Å². The summed E-state index contributed by atoms with van der Waals surface area (Å²) in [6.45, 7) is 1.54. The van der Waals surface area contributed by atoms with E-state index in [-0.39, 0.29) is 22.9 Å². The Morgan fingerprint density at radius 3 is 1.96 bits per heavy atom. The maximum Gasteiger partial charge on any atom is 0.294 e. The van der Waals surface area contributed by atoms with Gasteiger partial charge in [0.15, 0.2) is 0 Å². The Hall–Kier alpha value is -2.21. The molecule has 0 saturated heterocycles. The number of nitrogens with one attached hydrogen (secondary N) is 1. The third-order valence-electron chi connectivity index (χ3n) is 3.17. The van der Waals surface area contributed by atoms with E-state index < -0.39 is 41.7 Å². The quantitative estimate of drug-likeness (QED) is 0.584. The van der Waals surface area contributed by atoms with Gasteiger partial charge in [-0.25, -0.2) is 0 Å². The molecule has 0 radical (unpaired) electrons. The minimum Gasteiger partial charge on any atom is -0.507 e. The number of rotatable bonds is 4. The number of aromatic hydroxyl groups is 1. The Morgan fingerprint density at radius 2 is 1.50 bits per heavy atom. The van der Waals surface area contributed by atoms with Crippen molar-refractivity contribution in [1.82, 2.24) is 0 Å². The monoisotopic (exact) mass is 375 g/mol. The standard InChI is InChI=1S/C13H13NO8S2/c1-2-12(16)14-10-5-8(23(17,18)19)3-7-4-9(24(20,21)22)6-11(15)13(7)10/h3-6,15H,2H2,1H3,(H,14,16)(H,17,18,19)(H,20,21,22). The van der Waals surface area contributed by atoms with Gasteiger partial charge in [-0.15, -0.1) is 0 Å². The van der Waals surface area contributed by atoms with Gasteiger partial charge >= 0.3 is 0 Å². The van der Waals surface area contributed by atoms with Crippen molar-refractivity contribution in [2.75, 3.05) is 5.32 Å². The van der Waals surface area contributed by atoms with Gasteiger partial charge in [0.05, 0.1) is 15.5 Å². The lowest BCUT2D eigenvalue weighted by Crippen LogP contribution is -2.11. The molecule has 2 rings (SSSR count). The van der Waals surface area contributed by atoms with Crippen molar-refractivity contribution >= 4 is 42.6 Å². The van der Waals surface area contributed by atoms with Crippen molar-refractivity contribution < 1.29 is 35.8 Å². The summed E-state index contributed by atoms with van der Waals surface area (Å²) in [5, 5.41) is 12.2. The van der Waals surface area contributed by atoms with Crippen LogP contribution in [-0.2, 0) is 25.0 Å². The van der Waals surface area contributed by atoms with Crippen molar-refractivity contribution in [2.24, 2.45) is 0 Å². The Morgan fingerprint density at radius 1 is 1.00 bits per heavy atom. The zero-order valence-corrected chi connectivity index (χ0v) is 13.8. The number of amides is 1. The Labute approximate surface area is 137 Å². The fourth-order valence-electron chi connectivity index (χ4n) is 2.07. The Bertz CT molecular complexity index is 1040. The smallest absolute Gasteiger partial charge is 0.294 e. The number of benzene rings is 2. The topological polar surface area (TPSA) is 158 Å². The number of phenols is 1. The molecule has 0 heterocycles. The third kappa shape index (κ3) is 3.64. The highest BCUT2D eigenvalue weighted by Gasteiger charge is 2.20. The lowest BCUT2D eigenvalue weighted by molar-refractivity contribution is -0.115. The maximum atomic E-state index is 11.6. The van der Waals surface area contributed by atoms with E-state index in [1.54, 1.807) is 6.92 Å². The van der Waals surface area contributed by atoms with E-state index in [1.807, 2.05) is 0 Å². The van der Waals surface area contributed by atoms with Crippen molar-refractivity contribution in [3.05, 3.63) is 24.3 Å². The van der Waals surface area contributed by atoms with E-state index >= 15 is 0 Å². The molecule has 9 nitrogen and oxygen atoms in total. The van der Waals surface area contributed by atoms with Crippen molar-refractivity contribution in [2.45, 2.75) is 23.1 Å². The first kappa shape index (κ1) is 18.1. The molecule has 0 saturated carbocycles. The molecule has 2 aromatic rings. The van der Waals surface area contributed by atoms with Gasteiger partial charge in [-0.3, -0.25) is 13.9 Å². The van der Waals surface area contributed by atoms with Gasteiger partial charge in [0, 0.05) is 17.9 Å². The van der Waals surface area contributed by atoms with Crippen molar-refractivity contribution in [3.63, 3.8) is 0 Å². The molecule has 0 bridgehead atoms. The highest BCUT2D eigenvalue weighted by molar-refractivity contribution is 7.86. The Balaban J connectivity index is 2.90. The van der Waals surface area contributed by atoms with E-state index in [9.17, 15) is 31.3 Å². The molecule has 0 atom stereocenters. The second kappa shape index (κ2) is 6.02. The molecule has 0 aliphatic carbocycles. The van der Waals surface area contributed by atoms with Gasteiger partial charge in [0.2, 0.25) is 5.91 Å². The van der Waals surface area contributed by atoms with Gasteiger partial charge < -0.3 is 10.4 Å². The number of fused-ring (bicyclic) bond motifs is 1. The predicted molar refractivity (Wildman–Crippen MR) is 84.2 cm³/mol. The molecule has 0 spiro atoms. The summed E-state index contributed by atoms with van der Waals surface area (Å²) in [6.07, 6.45) is 0.0570. The van der Waals surface area contributed by atoms with Crippen LogP contribution in [0, 0.1) is 0 Å². The van der Waals surface area contributed by atoms with Crippen LogP contribution in [-0.4, -0.2) is 37.0 Å². The number of hydrogen-bond donors (Lipinski definition) is 4. The summed E-state index contributed by atoms with van der Waals surface area (Å²) in [6, 6.07) is 3.49. The fraction of sp³-hybridized carbons (Fsp3) is 0.154. The summed E-state index contributed by atoms with van der Waals surface area (Å²) in [4.78, 5) is 10.3. The largest absolute Gasteiger partial charge is 0.507 e. The molecule has 1 amide bonds. The van der Waals surface area contributed by atoms with Crippen LogP contribution in [0.3, 0.4) is 0 Å². The molecule has 2 aromatic carbocycles. The van der Waals surface area contributed by atoms with Gasteiger partial charge in [-0.05, 0) is 23.6 Å². The van der Waals surface area contributed by atoms with Crippen LogP contribution in [0.25, 0.3) is 10.8 Å². The summed E-state index contributed by atoms with van der Waals surface area (Å²) < 4.78 is 63.5. The molecule has 0 fully saturated rings. The van der Waals surface area contributed by atoms with Crippen LogP contribution < -0.4 is 5.32 Å². The number of carbonyl (C=O) groups excluding carboxylic acids is 1. The van der Waals surface area contributed by atoms with Crippen LogP contribution >= 0.6 is 0 Å². The highest BCUT2D eigenvalue weighted by Crippen LogP contribution is 2.36. The third-order valence-corrected chi connectivity index (χ3v) is 4.83. The average Bonchev–Trinajstić information content (AvgIpc) is 2.44.